The zero-order valence-electron chi connectivity index (χ0n) is 14.9. The van der Waals surface area contributed by atoms with Gasteiger partial charge in [-0.1, -0.05) is 32.9 Å². The minimum Gasteiger partial charge on any atom is -0.307 e. The molecule has 0 saturated carbocycles. The molecule has 3 N–H and O–H groups in total. The van der Waals surface area contributed by atoms with Gasteiger partial charge in [0.05, 0.1) is 11.7 Å². The fourth-order valence-corrected chi connectivity index (χ4v) is 3.61. The first-order valence-corrected chi connectivity index (χ1v) is 10.3. The molecule has 0 radical (unpaired) electrons. The van der Waals surface area contributed by atoms with Crippen LogP contribution >= 0.6 is 11.3 Å². The van der Waals surface area contributed by atoms with E-state index in [1.807, 2.05) is 29.2 Å². The van der Waals surface area contributed by atoms with Crippen LogP contribution in [0, 0.1) is 12.3 Å². The van der Waals surface area contributed by atoms with Gasteiger partial charge in [0, 0.05) is 17.6 Å². The van der Waals surface area contributed by atoms with Gasteiger partial charge >= 0.3 is 10.3 Å². The molecular weight excluding hydrogens is 358 g/mol. The van der Waals surface area contributed by atoms with E-state index in [0.717, 1.165) is 29.2 Å². The number of rotatable bonds is 7. The molecule has 2 aromatic rings. The van der Waals surface area contributed by atoms with Crippen molar-refractivity contribution in [2.75, 3.05) is 11.3 Å². The Balaban J connectivity index is 2.13. The summed E-state index contributed by atoms with van der Waals surface area (Å²) in [6.07, 6.45) is 0.745. The topological polar surface area (TPSA) is 91.3 Å². The fourth-order valence-electron chi connectivity index (χ4n) is 2.30. The molecule has 0 fully saturated rings. The lowest BCUT2D eigenvalue weighted by Gasteiger charge is -2.24. The van der Waals surface area contributed by atoms with Crippen molar-refractivity contribution in [2.45, 2.75) is 40.2 Å². The smallest absolute Gasteiger partial charge is 0.307 e. The quantitative estimate of drug-likeness (QED) is 0.636. The maximum Gasteiger partial charge on any atom is 0.357 e. The van der Waals surface area contributed by atoms with Gasteiger partial charge in [-0.3, -0.25) is 9.27 Å². The Bertz CT molecular complexity index is 793. The minimum absolute atomic E-state index is 0.0957. The first-order valence-electron chi connectivity index (χ1n) is 8.01. The molecule has 25 heavy (non-hydrogen) atoms. The molecule has 0 unspecified atom stereocenters. The van der Waals surface area contributed by atoms with Crippen molar-refractivity contribution in [1.82, 2.24) is 10.3 Å². The second-order valence-corrected chi connectivity index (χ2v) is 9.34. The lowest BCUT2D eigenvalue weighted by atomic mass is 9.96. The van der Waals surface area contributed by atoms with Crippen molar-refractivity contribution >= 4 is 27.3 Å². The normalized spacial score (nSPS) is 13.6. The third kappa shape index (κ3) is 7.11. The van der Waals surface area contributed by atoms with E-state index in [1.54, 1.807) is 23.5 Å². The Kier molecular flexibility index (Phi) is 6.21. The number of aromatic nitrogens is 1. The number of thiazole rings is 1. The molecule has 0 amide bonds. The fraction of sp³-hybridized carbons (Fsp3) is 0.471. The maximum absolute atomic E-state index is 10.9. The molecule has 8 heteroatoms. The van der Waals surface area contributed by atoms with Gasteiger partial charge < -0.3 is 5.32 Å². The summed E-state index contributed by atoms with van der Waals surface area (Å²) in [5, 5.41) is 6.67. The second-order valence-electron chi connectivity index (χ2n) is 7.30. The highest BCUT2D eigenvalue weighted by Crippen LogP contribution is 2.24. The summed E-state index contributed by atoms with van der Waals surface area (Å²) in [4.78, 5) is 4.61. The first-order chi connectivity index (χ1) is 11.5. The van der Waals surface area contributed by atoms with Crippen LogP contribution in [-0.2, 0) is 16.7 Å². The number of nitrogens with one attached hydrogen (secondary N) is 2. The van der Waals surface area contributed by atoms with Crippen LogP contribution in [0.5, 0.6) is 0 Å². The van der Waals surface area contributed by atoms with Crippen molar-refractivity contribution in [3.05, 3.63) is 45.9 Å². The third-order valence-electron chi connectivity index (χ3n) is 3.45. The molecule has 0 aliphatic heterocycles. The lowest BCUT2D eigenvalue weighted by molar-refractivity contribution is 0.351. The van der Waals surface area contributed by atoms with Crippen molar-refractivity contribution in [3.8, 4) is 0 Å². The Morgan fingerprint density at radius 1 is 1.24 bits per heavy atom. The summed E-state index contributed by atoms with van der Waals surface area (Å²) in [6, 6.07) is 7.06. The second kappa shape index (κ2) is 7.82. The minimum atomic E-state index is -4.25. The van der Waals surface area contributed by atoms with Crippen LogP contribution in [-0.4, -0.2) is 24.5 Å². The predicted octanol–water partition coefficient (Wildman–Crippen LogP) is 3.59. The Labute approximate surface area is 153 Å². The lowest BCUT2D eigenvalue weighted by Crippen LogP contribution is -2.31. The summed E-state index contributed by atoms with van der Waals surface area (Å²) in [7, 11) is -4.25. The summed E-state index contributed by atoms with van der Waals surface area (Å²) >= 11 is 1.64. The highest BCUT2D eigenvalue weighted by molar-refractivity contribution is 7.87. The monoisotopic (exact) mass is 383 g/mol. The highest BCUT2D eigenvalue weighted by atomic mass is 32.2. The van der Waals surface area contributed by atoms with Crippen LogP contribution < -0.4 is 10.0 Å². The number of anilines is 1. The molecule has 6 nitrogen and oxygen atoms in total. The van der Waals surface area contributed by atoms with E-state index in [-0.39, 0.29) is 11.5 Å². The summed E-state index contributed by atoms with van der Waals surface area (Å²) in [5.41, 5.74) is 2.55. The third-order valence-corrected chi connectivity index (χ3v) is 5.02. The van der Waals surface area contributed by atoms with Gasteiger partial charge in [-0.05, 0) is 36.5 Å². The van der Waals surface area contributed by atoms with Crippen LogP contribution in [0.25, 0.3) is 0 Å². The van der Waals surface area contributed by atoms with Crippen LogP contribution in [0.2, 0.25) is 0 Å². The van der Waals surface area contributed by atoms with Gasteiger partial charge in [0.15, 0.2) is 0 Å². The van der Waals surface area contributed by atoms with E-state index in [4.69, 9.17) is 4.55 Å². The number of nitrogens with zero attached hydrogens (tertiary/aromatic N) is 1. The van der Waals surface area contributed by atoms with Gasteiger partial charge in [0.2, 0.25) is 0 Å². The Morgan fingerprint density at radius 2 is 1.88 bits per heavy atom. The predicted molar refractivity (Wildman–Crippen MR) is 102 cm³/mol. The number of benzene rings is 1. The van der Waals surface area contributed by atoms with E-state index in [2.05, 4.69) is 31.1 Å². The van der Waals surface area contributed by atoms with Crippen molar-refractivity contribution in [3.63, 3.8) is 0 Å². The summed E-state index contributed by atoms with van der Waals surface area (Å²) in [6.45, 7) is 9.38. The molecule has 1 heterocycles. The van der Waals surface area contributed by atoms with Gasteiger partial charge in [-0.15, -0.1) is 11.3 Å². The molecular formula is C17H25N3O3S2. The summed E-state index contributed by atoms with van der Waals surface area (Å²) in [5.74, 6) is 0. The molecule has 138 valence electrons. The van der Waals surface area contributed by atoms with Crippen molar-refractivity contribution in [1.29, 1.82) is 0 Å². The number of hydrogen-bond acceptors (Lipinski definition) is 5. The number of hydrogen-bond donors (Lipinski definition) is 3. The van der Waals surface area contributed by atoms with Crippen LogP contribution in [0.4, 0.5) is 5.69 Å². The Morgan fingerprint density at radius 3 is 2.36 bits per heavy atom. The molecule has 0 bridgehead atoms. The number of aryl methyl sites for hydroxylation is 1. The van der Waals surface area contributed by atoms with Gasteiger partial charge in [-0.2, -0.15) is 8.42 Å². The molecule has 0 aliphatic carbocycles. The van der Waals surface area contributed by atoms with Gasteiger partial charge in [0.1, 0.15) is 5.01 Å². The van der Waals surface area contributed by atoms with Gasteiger partial charge in [0.25, 0.3) is 0 Å². The molecule has 1 atom stereocenters. The molecule has 2 rings (SSSR count). The van der Waals surface area contributed by atoms with E-state index < -0.39 is 10.3 Å². The standard InChI is InChI=1S/C17H25N3O3S2/c1-12-10-24-16(19-12)15(18-11-17(2,3)4)9-13-5-7-14(8-6-13)20-25(21,22)23/h5-8,10,15,18,20H,9,11H2,1-4H3,(H,21,22,23)/t15-/m0/s1. The highest BCUT2D eigenvalue weighted by Gasteiger charge is 2.19. The van der Waals surface area contributed by atoms with Crippen LogP contribution in [0.3, 0.4) is 0 Å². The van der Waals surface area contributed by atoms with Crippen LogP contribution in [0.1, 0.15) is 43.1 Å². The maximum atomic E-state index is 10.9. The average Bonchev–Trinajstić information content (AvgIpc) is 2.89. The average molecular weight is 384 g/mol. The van der Waals surface area contributed by atoms with Gasteiger partial charge in [-0.25, -0.2) is 4.98 Å². The van der Waals surface area contributed by atoms with Crippen LogP contribution in [0.15, 0.2) is 29.6 Å². The molecule has 0 spiro atoms. The van der Waals surface area contributed by atoms with Crippen molar-refractivity contribution < 1.29 is 13.0 Å². The zero-order valence-corrected chi connectivity index (χ0v) is 16.5. The molecule has 0 aliphatic rings. The Hall–Kier alpha value is -1.48. The van der Waals surface area contributed by atoms with E-state index in [1.165, 1.54) is 0 Å². The molecule has 1 aromatic heterocycles. The first kappa shape index (κ1) is 19.8. The van der Waals surface area contributed by atoms with E-state index in [9.17, 15) is 8.42 Å². The molecule has 0 saturated heterocycles. The largest absolute Gasteiger partial charge is 0.357 e. The van der Waals surface area contributed by atoms with Crippen molar-refractivity contribution in [2.24, 2.45) is 5.41 Å². The van der Waals surface area contributed by atoms with E-state index >= 15 is 0 Å². The zero-order chi connectivity index (χ0) is 18.7. The van der Waals surface area contributed by atoms with E-state index in [0.29, 0.717) is 5.69 Å². The SMILES string of the molecule is Cc1csc([C@H](Cc2ccc(NS(=O)(=O)O)cc2)NCC(C)(C)C)n1. The molecule has 1 aromatic carbocycles. The summed E-state index contributed by atoms with van der Waals surface area (Å²) < 4.78 is 32.6.